The summed E-state index contributed by atoms with van der Waals surface area (Å²) in [5.74, 6) is 1.42. The lowest BCUT2D eigenvalue weighted by Gasteiger charge is -2.05. The van der Waals surface area contributed by atoms with Crippen molar-refractivity contribution in [1.82, 2.24) is 15.0 Å². The van der Waals surface area contributed by atoms with Crippen molar-refractivity contribution < 1.29 is 0 Å². The topological polar surface area (TPSA) is 50.7 Å². The molecule has 0 spiro atoms. The van der Waals surface area contributed by atoms with E-state index in [9.17, 15) is 0 Å². The second-order valence-electron chi connectivity index (χ2n) is 3.90. The lowest BCUT2D eigenvalue weighted by molar-refractivity contribution is 1.14. The summed E-state index contributed by atoms with van der Waals surface area (Å²) in [4.78, 5) is 13.1. The molecule has 0 saturated carbocycles. The summed E-state index contributed by atoms with van der Waals surface area (Å²) in [6.45, 7) is 0. The Balaban J connectivity index is 2.24. The van der Waals surface area contributed by atoms with Gasteiger partial charge in [0.05, 0.1) is 0 Å². The second-order valence-corrected chi connectivity index (χ2v) is 3.90. The number of nitrogens with one attached hydrogen (secondary N) is 1. The quantitative estimate of drug-likeness (QED) is 0.743. The van der Waals surface area contributed by atoms with E-state index in [2.05, 4.69) is 26.3 Å². The maximum atomic E-state index is 4.43. The normalized spacial score (nSPS) is 10.5. The Kier molecular flexibility index (Phi) is 2.61. The van der Waals surface area contributed by atoms with Gasteiger partial charge in [-0.05, 0) is 17.5 Å². The fraction of sp³-hybridized carbons (Fsp3) is 0.0714. The summed E-state index contributed by atoms with van der Waals surface area (Å²) in [5.41, 5.74) is 0.810. The molecule has 4 nitrogen and oxygen atoms in total. The maximum Gasteiger partial charge on any atom is 0.180 e. The smallest absolute Gasteiger partial charge is 0.180 e. The number of benzene rings is 1. The van der Waals surface area contributed by atoms with Crippen molar-refractivity contribution in [2.24, 2.45) is 0 Å². The molecule has 0 aliphatic heterocycles. The van der Waals surface area contributed by atoms with Gasteiger partial charge < -0.3 is 5.32 Å². The summed E-state index contributed by atoms with van der Waals surface area (Å²) in [7, 11) is 1.84. The van der Waals surface area contributed by atoms with Gasteiger partial charge in [-0.1, -0.05) is 24.3 Å². The van der Waals surface area contributed by atoms with E-state index in [0.717, 1.165) is 22.3 Å². The molecule has 0 radical (unpaired) electrons. The minimum Gasteiger partial charge on any atom is -0.373 e. The molecule has 2 aromatic heterocycles. The molecule has 3 aromatic rings. The molecule has 3 rings (SSSR count). The number of rotatable bonds is 2. The van der Waals surface area contributed by atoms with Crippen LogP contribution in [0.1, 0.15) is 0 Å². The summed E-state index contributed by atoms with van der Waals surface area (Å²) >= 11 is 0. The fourth-order valence-corrected chi connectivity index (χ4v) is 1.91. The van der Waals surface area contributed by atoms with Gasteiger partial charge in [0, 0.05) is 24.8 Å². The predicted octanol–water partition coefficient (Wildman–Crippen LogP) is 2.73. The van der Waals surface area contributed by atoms with Gasteiger partial charge in [-0.25, -0.2) is 9.97 Å². The van der Waals surface area contributed by atoms with Gasteiger partial charge in [0.25, 0.3) is 0 Å². The molecule has 0 fully saturated rings. The third-order valence-corrected chi connectivity index (χ3v) is 2.80. The maximum absolute atomic E-state index is 4.43. The van der Waals surface area contributed by atoms with Crippen LogP contribution in [0.15, 0.2) is 48.8 Å². The molecule has 0 amide bonds. The standard InChI is InChI=1S/C14H12N4/c1-15-12-7-9-17-14(18-12)13-11-5-3-2-4-10(11)6-8-16-13/h2-9H,1H3,(H,15,17,18). The number of hydrogen-bond acceptors (Lipinski definition) is 4. The highest BCUT2D eigenvalue weighted by Gasteiger charge is 2.07. The van der Waals surface area contributed by atoms with Crippen LogP contribution in [0, 0.1) is 0 Å². The molecule has 0 bridgehead atoms. The first-order chi connectivity index (χ1) is 8.88. The molecule has 4 heteroatoms. The molecule has 0 aliphatic rings. The van der Waals surface area contributed by atoms with E-state index in [-0.39, 0.29) is 0 Å². The van der Waals surface area contributed by atoms with Gasteiger partial charge in [-0.2, -0.15) is 0 Å². The van der Waals surface area contributed by atoms with Gasteiger partial charge in [0.15, 0.2) is 5.82 Å². The Morgan fingerprint density at radius 1 is 0.944 bits per heavy atom. The molecule has 2 heterocycles. The van der Waals surface area contributed by atoms with Crippen LogP contribution < -0.4 is 5.32 Å². The molecule has 0 unspecified atom stereocenters. The van der Waals surface area contributed by atoms with E-state index >= 15 is 0 Å². The number of nitrogens with zero attached hydrogens (tertiary/aromatic N) is 3. The van der Waals surface area contributed by atoms with Gasteiger partial charge in [-0.15, -0.1) is 0 Å². The Morgan fingerprint density at radius 3 is 2.67 bits per heavy atom. The third-order valence-electron chi connectivity index (χ3n) is 2.80. The molecule has 88 valence electrons. The molecular formula is C14H12N4. The third kappa shape index (κ3) is 1.78. The molecule has 0 saturated heterocycles. The first-order valence-corrected chi connectivity index (χ1v) is 5.73. The monoisotopic (exact) mass is 236 g/mol. The van der Waals surface area contributed by atoms with Crippen LogP contribution in [0.2, 0.25) is 0 Å². The number of anilines is 1. The SMILES string of the molecule is CNc1ccnc(-c2nccc3ccccc23)n1. The number of hydrogen-bond donors (Lipinski definition) is 1. The molecule has 1 aromatic carbocycles. The number of fused-ring (bicyclic) bond motifs is 1. The van der Waals surface area contributed by atoms with Crippen molar-refractivity contribution in [2.45, 2.75) is 0 Å². The molecule has 1 N–H and O–H groups in total. The zero-order valence-corrected chi connectivity index (χ0v) is 9.96. The molecular weight excluding hydrogens is 224 g/mol. The lowest BCUT2D eigenvalue weighted by atomic mass is 10.1. The Labute approximate surface area is 105 Å². The molecule has 0 atom stereocenters. The second kappa shape index (κ2) is 4.41. The average Bonchev–Trinajstić information content (AvgIpc) is 2.47. The van der Waals surface area contributed by atoms with Gasteiger partial charge in [0.2, 0.25) is 0 Å². The van der Waals surface area contributed by atoms with E-state index in [1.165, 1.54) is 0 Å². The highest BCUT2D eigenvalue weighted by atomic mass is 15.0. The van der Waals surface area contributed by atoms with Crippen LogP contribution in [0.3, 0.4) is 0 Å². The van der Waals surface area contributed by atoms with Crippen molar-refractivity contribution in [1.29, 1.82) is 0 Å². The van der Waals surface area contributed by atoms with E-state index in [0.29, 0.717) is 5.82 Å². The van der Waals surface area contributed by atoms with Crippen molar-refractivity contribution in [3.63, 3.8) is 0 Å². The number of pyridine rings is 1. The van der Waals surface area contributed by atoms with Crippen molar-refractivity contribution >= 4 is 16.6 Å². The fourth-order valence-electron chi connectivity index (χ4n) is 1.91. The predicted molar refractivity (Wildman–Crippen MR) is 72.3 cm³/mol. The van der Waals surface area contributed by atoms with Crippen molar-refractivity contribution in [2.75, 3.05) is 12.4 Å². The zero-order chi connectivity index (χ0) is 12.4. The van der Waals surface area contributed by atoms with E-state index in [1.807, 2.05) is 37.4 Å². The Morgan fingerprint density at radius 2 is 1.78 bits per heavy atom. The van der Waals surface area contributed by atoms with Gasteiger partial charge in [-0.3, -0.25) is 4.98 Å². The zero-order valence-electron chi connectivity index (χ0n) is 9.96. The van der Waals surface area contributed by atoms with Crippen LogP contribution in [0.25, 0.3) is 22.3 Å². The van der Waals surface area contributed by atoms with Crippen molar-refractivity contribution in [3.8, 4) is 11.5 Å². The summed E-state index contributed by atoms with van der Waals surface area (Å²) in [6, 6.07) is 11.9. The van der Waals surface area contributed by atoms with E-state index in [1.54, 1.807) is 12.4 Å². The van der Waals surface area contributed by atoms with Crippen LogP contribution in [0.5, 0.6) is 0 Å². The van der Waals surface area contributed by atoms with Crippen LogP contribution in [-0.4, -0.2) is 22.0 Å². The molecule has 18 heavy (non-hydrogen) atoms. The first kappa shape index (κ1) is 10.7. The Bertz CT molecular complexity index is 689. The number of aromatic nitrogens is 3. The Hall–Kier alpha value is -2.49. The molecule has 0 aliphatic carbocycles. The van der Waals surface area contributed by atoms with Crippen molar-refractivity contribution in [3.05, 3.63) is 48.8 Å². The van der Waals surface area contributed by atoms with Crippen LogP contribution in [0.4, 0.5) is 5.82 Å². The van der Waals surface area contributed by atoms with Crippen LogP contribution in [-0.2, 0) is 0 Å². The van der Waals surface area contributed by atoms with Gasteiger partial charge >= 0.3 is 0 Å². The average molecular weight is 236 g/mol. The highest BCUT2D eigenvalue weighted by Crippen LogP contribution is 2.23. The summed E-state index contributed by atoms with van der Waals surface area (Å²) in [6.07, 6.45) is 3.52. The largest absolute Gasteiger partial charge is 0.373 e. The summed E-state index contributed by atoms with van der Waals surface area (Å²) in [5, 5.41) is 5.21. The van der Waals surface area contributed by atoms with E-state index < -0.39 is 0 Å². The highest BCUT2D eigenvalue weighted by molar-refractivity contribution is 5.92. The minimum absolute atomic E-state index is 0.638. The lowest BCUT2D eigenvalue weighted by Crippen LogP contribution is -1.97. The van der Waals surface area contributed by atoms with Gasteiger partial charge in [0.1, 0.15) is 11.5 Å². The summed E-state index contributed by atoms with van der Waals surface area (Å²) < 4.78 is 0. The van der Waals surface area contributed by atoms with Crippen LogP contribution >= 0.6 is 0 Å². The minimum atomic E-state index is 0.638. The van der Waals surface area contributed by atoms with E-state index in [4.69, 9.17) is 0 Å². The first-order valence-electron chi connectivity index (χ1n) is 5.73.